The number of hydrogen-bond donors (Lipinski definition) is 1. The van der Waals surface area contributed by atoms with E-state index in [2.05, 4.69) is 29.4 Å². The summed E-state index contributed by atoms with van der Waals surface area (Å²) in [6, 6.07) is 9.54. The molecule has 0 atom stereocenters. The molecular formula is C21H19N5O4S. The summed E-state index contributed by atoms with van der Waals surface area (Å²) in [5, 5.41) is 32.1. The van der Waals surface area contributed by atoms with E-state index in [4.69, 9.17) is 4.42 Å². The maximum absolute atomic E-state index is 12.5. The molecule has 0 unspecified atom stereocenters. The molecule has 0 aliphatic carbocycles. The molecule has 158 valence electrons. The zero-order valence-electron chi connectivity index (χ0n) is 17.1. The third kappa shape index (κ3) is 5.40. The topological polar surface area (TPSA) is 135 Å². The first-order chi connectivity index (χ1) is 14.8. The van der Waals surface area contributed by atoms with Gasteiger partial charge >= 0.3 is 0 Å². The molecule has 1 aromatic carbocycles. The average Bonchev–Trinajstić information content (AvgIpc) is 3.35. The monoisotopic (exact) mass is 437 g/mol. The van der Waals surface area contributed by atoms with Crippen molar-refractivity contribution in [1.82, 2.24) is 10.2 Å². The Morgan fingerprint density at radius 1 is 1.35 bits per heavy atom. The van der Waals surface area contributed by atoms with E-state index in [0.717, 1.165) is 17.0 Å². The smallest absolute Gasteiger partial charge is 0.270 e. The summed E-state index contributed by atoms with van der Waals surface area (Å²) in [4.78, 5) is 23.0. The number of aromatic nitrogens is 2. The highest BCUT2D eigenvalue weighted by atomic mass is 32.1. The number of rotatable bonds is 7. The number of aryl methyl sites for hydroxylation is 1. The molecule has 0 radical (unpaired) electrons. The Morgan fingerprint density at radius 2 is 2.13 bits per heavy atom. The van der Waals surface area contributed by atoms with Gasteiger partial charge in [0.15, 0.2) is 0 Å². The normalized spacial score (nSPS) is 11.4. The molecule has 0 fully saturated rings. The van der Waals surface area contributed by atoms with E-state index in [1.165, 1.54) is 29.5 Å². The van der Waals surface area contributed by atoms with E-state index in [1.807, 2.05) is 6.07 Å². The number of nitrogens with zero attached hydrogens (tertiary/aromatic N) is 4. The molecule has 10 heteroatoms. The van der Waals surface area contributed by atoms with Crippen molar-refractivity contribution in [1.29, 1.82) is 5.26 Å². The lowest BCUT2D eigenvalue weighted by Gasteiger charge is -2.02. The predicted octanol–water partition coefficient (Wildman–Crippen LogP) is 4.76. The molecule has 1 amide bonds. The van der Waals surface area contributed by atoms with Gasteiger partial charge < -0.3 is 4.42 Å². The van der Waals surface area contributed by atoms with Gasteiger partial charge in [-0.05, 0) is 30.5 Å². The average molecular weight is 437 g/mol. The van der Waals surface area contributed by atoms with Gasteiger partial charge in [0.25, 0.3) is 11.6 Å². The minimum Gasteiger partial charge on any atom is -0.457 e. The van der Waals surface area contributed by atoms with Gasteiger partial charge in [0, 0.05) is 30.2 Å². The summed E-state index contributed by atoms with van der Waals surface area (Å²) in [5.74, 6) is 0.450. The Kier molecular flexibility index (Phi) is 6.57. The van der Waals surface area contributed by atoms with Crippen LogP contribution >= 0.6 is 11.3 Å². The number of nitro benzene ring substituents is 1. The second-order valence-corrected chi connectivity index (χ2v) is 8.24. The van der Waals surface area contributed by atoms with Crippen LogP contribution in [0.5, 0.6) is 0 Å². The fraction of sp³-hybridized carbons (Fsp3) is 0.238. The number of nitro groups is 1. The van der Waals surface area contributed by atoms with Crippen molar-refractivity contribution >= 4 is 34.1 Å². The maximum Gasteiger partial charge on any atom is 0.270 e. The molecule has 0 aliphatic heterocycles. The number of nitrogens with one attached hydrogen (secondary N) is 1. The minimum absolute atomic E-state index is 0.0555. The van der Waals surface area contributed by atoms with Crippen LogP contribution < -0.4 is 5.32 Å². The van der Waals surface area contributed by atoms with E-state index in [0.29, 0.717) is 22.4 Å². The van der Waals surface area contributed by atoms with E-state index >= 15 is 0 Å². The Bertz CT molecular complexity index is 1200. The molecule has 9 nitrogen and oxygen atoms in total. The first kappa shape index (κ1) is 21.9. The zero-order valence-corrected chi connectivity index (χ0v) is 17.9. The molecule has 0 saturated heterocycles. The summed E-state index contributed by atoms with van der Waals surface area (Å²) in [5.41, 5.74) is 1.13. The number of carbonyl (C=O) groups excluding carboxylic acids is 1. The molecule has 0 aliphatic rings. The van der Waals surface area contributed by atoms with Crippen LogP contribution in [0.1, 0.15) is 30.2 Å². The SMILES string of the molecule is Cc1ccc([N+](=O)[O-])cc1-c1ccc(C=C(C#N)C(=O)Nc2nnc(CC(C)C)s2)o1. The van der Waals surface area contributed by atoms with Gasteiger partial charge in [0.05, 0.1) is 4.92 Å². The quantitative estimate of drug-likeness (QED) is 0.244. The Hall–Kier alpha value is -3.84. The summed E-state index contributed by atoms with van der Waals surface area (Å²) >= 11 is 1.26. The number of hydrogen-bond acceptors (Lipinski definition) is 8. The van der Waals surface area contributed by atoms with Gasteiger partial charge in [-0.25, -0.2) is 0 Å². The van der Waals surface area contributed by atoms with Gasteiger partial charge in [-0.2, -0.15) is 5.26 Å². The zero-order chi connectivity index (χ0) is 22.5. The van der Waals surface area contributed by atoms with Crippen molar-refractivity contribution in [2.45, 2.75) is 27.2 Å². The maximum atomic E-state index is 12.5. The van der Waals surface area contributed by atoms with Crippen LogP contribution in [0.4, 0.5) is 10.8 Å². The first-order valence-corrected chi connectivity index (χ1v) is 10.2. The lowest BCUT2D eigenvalue weighted by atomic mass is 10.1. The van der Waals surface area contributed by atoms with Crippen LogP contribution in [0.2, 0.25) is 0 Å². The van der Waals surface area contributed by atoms with Crippen molar-refractivity contribution in [3.8, 4) is 17.4 Å². The summed E-state index contributed by atoms with van der Waals surface area (Å²) in [6.45, 7) is 5.92. The third-order valence-corrected chi connectivity index (χ3v) is 5.11. The molecule has 0 spiro atoms. The van der Waals surface area contributed by atoms with E-state index < -0.39 is 10.8 Å². The molecule has 2 aromatic heterocycles. The van der Waals surface area contributed by atoms with E-state index in [1.54, 1.807) is 25.1 Å². The Balaban J connectivity index is 1.79. The highest BCUT2D eigenvalue weighted by Gasteiger charge is 2.16. The number of amides is 1. The summed E-state index contributed by atoms with van der Waals surface area (Å²) < 4.78 is 5.71. The number of nitriles is 1. The van der Waals surface area contributed by atoms with E-state index in [-0.39, 0.29) is 17.0 Å². The largest absolute Gasteiger partial charge is 0.457 e. The van der Waals surface area contributed by atoms with Crippen molar-refractivity contribution in [3.05, 3.63) is 62.4 Å². The number of benzene rings is 1. The van der Waals surface area contributed by atoms with E-state index in [9.17, 15) is 20.2 Å². The van der Waals surface area contributed by atoms with Gasteiger partial charge in [-0.3, -0.25) is 20.2 Å². The predicted molar refractivity (Wildman–Crippen MR) is 116 cm³/mol. The van der Waals surface area contributed by atoms with Gasteiger partial charge in [-0.15, -0.1) is 10.2 Å². The molecular weight excluding hydrogens is 418 g/mol. The van der Waals surface area contributed by atoms with Crippen molar-refractivity contribution in [3.63, 3.8) is 0 Å². The van der Waals surface area contributed by atoms with Gasteiger partial charge in [0.2, 0.25) is 5.13 Å². The van der Waals surface area contributed by atoms with Crippen LogP contribution in [0.15, 0.2) is 40.3 Å². The van der Waals surface area contributed by atoms with Crippen LogP contribution in [0, 0.1) is 34.3 Å². The number of non-ortho nitro benzene ring substituents is 1. The van der Waals surface area contributed by atoms with Crippen molar-refractivity contribution in [2.24, 2.45) is 5.92 Å². The fourth-order valence-corrected chi connectivity index (χ4v) is 3.70. The standard InChI is InChI=1S/C21H19N5O4S/c1-12(2)8-19-24-25-21(31-19)23-20(27)14(11-22)9-16-6-7-18(30-16)17-10-15(26(28)29)5-4-13(17)3/h4-7,9-10,12H,8H2,1-3H3,(H,23,25,27). The molecule has 31 heavy (non-hydrogen) atoms. The fourth-order valence-electron chi connectivity index (χ4n) is 2.76. The minimum atomic E-state index is -0.626. The number of anilines is 1. The van der Waals surface area contributed by atoms with Gasteiger partial charge in [0.1, 0.15) is 28.2 Å². The summed E-state index contributed by atoms with van der Waals surface area (Å²) in [7, 11) is 0. The molecule has 3 aromatic rings. The number of furan rings is 1. The van der Waals surface area contributed by atoms with Crippen LogP contribution in [-0.2, 0) is 11.2 Å². The highest BCUT2D eigenvalue weighted by Crippen LogP contribution is 2.30. The van der Waals surface area contributed by atoms with Crippen LogP contribution in [-0.4, -0.2) is 21.0 Å². The lowest BCUT2D eigenvalue weighted by Crippen LogP contribution is -2.13. The Labute approximate surface area is 182 Å². The molecule has 0 bridgehead atoms. The second-order valence-electron chi connectivity index (χ2n) is 7.18. The molecule has 3 rings (SSSR count). The third-order valence-electron chi connectivity index (χ3n) is 4.25. The van der Waals surface area contributed by atoms with Crippen molar-refractivity contribution < 1.29 is 14.1 Å². The van der Waals surface area contributed by atoms with Crippen LogP contribution in [0.3, 0.4) is 0 Å². The molecule has 2 heterocycles. The lowest BCUT2D eigenvalue weighted by molar-refractivity contribution is -0.384. The Morgan fingerprint density at radius 3 is 2.81 bits per heavy atom. The van der Waals surface area contributed by atoms with Crippen molar-refractivity contribution in [2.75, 3.05) is 5.32 Å². The first-order valence-electron chi connectivity index (χ1n) is 9.37. The number of carbonyl (C=O) groups is 1. The van der Waals surface area contributed by atoms with Gasteiger partial charge in [-0.1, -0.05) is 31.3 Å². The second kappa shape index (κ2) is 9.32. The summed E-state index contributed by atoms with van der Waals surface area (Å²) in [6.07, 6.45) is 2.06. The molecule has 1 N–H and O–H groups in total. The molecule has 0 saturated carbocycles. The van der Waals surface area contributed by atoms with Crippen LogP contribution in [0.25, 0.3) is 17.4 Å². The highest BCUT2D eigenvalue weighted by molar-refractivity contribution is 7.15.